The Bertz CT molecular complexity index is 3910. The van der Waals surface area contributed by atoms with E-state index in [2.05, 4.69) is 0 Å². The first-order valence-corrected chi connectivity index (χ1v) is 42.2. The normalized spacial score (nSPS) is 11.2. The predicted octanol–water partition coefficient (Wildman–Crippen LogP) is 20.6. The van der Waals surface area contributed by atoms with E-state index in [1.165, 1.54) is 59.9 Å². The van der Waals surface area contributed by atoms with Crippen LogP contribution in [-0.2, 0) is 56.1 Å². The van der Waals surface area contributed by atoms with Crippen LogP contribution in [0.2, 0.25) is 0 Å². The van der Waals surface area contributed by atoms with Gasteiger partial charge in [-0.05, 0) is 194 Å². The van der Waals surface area contributed by atoms with Crippen LogP contribution in [0.1, 0.15) is 198 Å². The number of benzene rings is 7. The summed E-state index contributed by atoms with van der Waals surface area (Å²) in [6, 6.07) is 38.8. The average molecular weight is 1690 g/mol. The molecule has 0 amide bonds. The van der Waals surface area contributed by atoms with E-state index in [-0.39, 0.29) is 18.8 Å². The molecule has 7 aromatic rings. The molecular formula is C98H124O24. The maximum Gasteiger partial charge on any atom is 0.338 e. The number of carbonyl (C=O) groups is 5. The molecule has 0 aliphatic carbocycles. The first-order chi connectivity index (χ1) is 59.6. The van der Waals surface area contributed by atoms with Gasteiger partial charge in [-0.15, -0.1) is 0 Å². The molecule has 660 valence electrons. The lowest BCUT2D eigenvalue weighted by Crippen LogP contribution is -2.06. The molecule has 0 bridgehead atoms. The standard InChI is InChI=1S/C98H124O24/c1-104-90-62-73(38-46-94(99)108-5)34-42-86(90)117-54-30-22-14-10-18-26-50-113-80-58-77(59-81(68-80)114-51-27-19-11-15-23-31-55-118-87-43-35-74(63-91(87)105-2)39-47-95(100)109-6)71-121-84-66-79(98(103)112-9)67-85(70-84)122-72-78-60-82(115-52-28-20-12-16-24-32-56-119-88-44-36-75(64-92(88)106-3)40-48-96(101)110-7)69-83(61-78)116-53-29-21-13-17-25-33-57-120-89-45-37-76(65-93(89)107-4)41-49-97(102)111-8/h34-49,58-70H,10-33,50-57,71-72H2,1-9H3/b46-38+,47-39+,48-40+,49-41+. The SMILES string of the molecule is COC(=O)/C=C/c1ccc(OCCCCCCCCOc2cc(COc3cc(OCc4cc(OCCCCCCCCOc5ccc(/C=C/C(=O)OC)cc5OC)cc(OCCCCCCCCOc5ccc(/C=C/C(=O)OC)cc5OC)c4)cc(C(=O)OC)c3)cc(OCCCCCCCCOc3ccc(/C=C/C(=O)OC)cc3OC)c2)c(OC)c1. The quantitative estimate of drug-likeness (QED) is 0.0148. The number of unbranched alkanes of at least 4 members (excludes halogenated alkanes) is 20. The van der Waals surface area contributed by atoms with Crippen LogP contribution in [0.4, 0.5) is 0 Å². The number of hydrogen-bond donors (Lipinski definition) is 0. The zero-order valence-electron chi connectivity index (χ0n) is 72.6. The molecule has 0 aliphatic heterocycles. The summed E-state index contributed by atoms with van der Waals surface area (Å²) in [5, 5.41) is 0. The van der Waals surface area contributed by atoms with Crippen molar-refractivity contribution in [2.75, 3.05) is 117 Å². The minimum absolute atomic E-state index is 0.120. The molecule has 0 saturated heterocycles. The molecule has 0 aliphatic rings. The highest BCUT2D eigenvalue weighted by molar-refractivity contribution is 5.91. The van der Waals surface area contributed by atoms with E-state index in [1.807, 2.05) is 109 Å². The highest BCUT2D eigenvalue weighted by atomic mass is 16.6. The number of rotatable bonds is 63. The monoisotopic (exact) mass is 1680 g/mol. The largest absolute Gasteiger partial charge is 0.493 e. The van der Waals surface area contributed by atoms with E-state index in [1.54, 1.807) is 70.9 Å². The number of carbonyl (C=O) groups excluding carboxylic acids is 5. The fourth-order valence-electron chi connectivity index (χ4n) is 12.8. The lowest BCUT2D eigenvalue weighted by atomic mass is 10.1. The number of esters is 5. The Morgan fingerprint density at radius 2 is 0.434 bits per heavy atom. The van der Waals surface area contributed by atoms with Crippen LogP contribution in [0.15, 0.2) is 152 Å². The van der Waals surface area contributed by atoms with Gasteiger partial charge < -0.3 is 90.0 Å². The van der Waals surface area contributed by atoms with Crippen LogP contribution >= 0.6 is 0 Å². The number of methoxy groups -OCH3 is 9. The molecule has 0 spiro atoms. The fourth-order valence-corrected chi connectivity index (χ4v) is 12.8. The molecule has 7 rings (SSSR count). The van der Waals surface area contributed by atoms with Gasteiger partial charge in [0.25, 0.3) is 0 Å². The minimum Gasteiger partial charge on any atom is -0.493 e. The Hall–Kier alpha value is -12.0. The summed E-state index contributed by atoms with van der Waals surface area (Å²) >= 11 is 0. The molecule has 0 N–H and O–H groups in total. The van der Waals surface area contributed by atoms with Crippen molar-refractivity contribution >= 4 is 54.2 Å². The van der Waals surface area contributed by atoms with E-state index < -0.39 is 29.8 Å². The van der Waals surface area contributed by atoms with Gasteiger partial charge in [0.1, 0.15) is 47.7 Å². The van der Waals surface area contributed by atoms with Gasteiger partial charge in [0, 0.05) is 42.5 Å². The fraction of sp³-hybridized carbons (Fsp3) is 0.439. The molecule has 24 heteroatoms. The summed E-state index contributed by atoms with van der Waals surface area (Å²) in [6.07, 6.45) is 35.4. The van der Waals surface area contributed by atoms with Crippen LogP contribution < -0.4 is 66.3 Å². The van der Waals surface area contributed by atoms with E-state index >= 15 is 0 Å². The third-order valence-electron chi connectivity index (χ3n) is 19.5. The maximum atomic E-state index is 13.3. The van der Waals surface area contributed by atoms with Crippen molar-refractivity contribution in [2.45, 2.75) is 167 Å². The smallest absolute Gasteiger partial charge is 0.338 e. The van der Waals surface area contributed by atoms with E-state index in [0.717, 1.165) is 187 Å². The summed E-state index contributed by atoms with van der Waals surface area (Å²) in [6.45, 7) is 4.47. The molecule has 0 heterocycles. The summed E-state index contributed by atoms with van der Waals surface area (Å²) in [4.78, 5) is 59.7. The van der Waals surface area contributed by atoms with Crippen molar-refractivity contribution < 1.29 is 114 Å². The zero-order chi connectivity index (χ0) is 87.0. The zero-order valence-corrected chi connectivity index (χ0v) is 72.6. The topological polar surface area (TPSA) is 261 Å². The molecule has 122 heavy (non-hydrogen) atoms. The summed E-state index contributed by atoms with van der Waals surface area (Å²) in [5.41, 5.74) is 5.03. The van der Waals surface area contributed by atoms with Crippen LogP contribution in [-0.4, -0.2) is 147 Å². The molecule has 0 fully saturated rings. The van der Waals surface area contributed by atoms with Gasteiger partial charge in [-0.2, -0.15) is 0 Å². The highest BCUT2D eigenvalue weighted by Gasteiger charge is 2.17. The van der Waals surface area contributed by atoms with Gasteiger partial charge in [0.2, 0.25) is 0 Å². The van der Waals surface area contributed by atoms with Crippen molar-refractivity contribution in [1.82, 2.24) is 0 Å². The van der Waals surface area contributed by atoms with E-state index in [0.29, 0.717) is 133 Å². The molecule has 0 radical (unpaired) electrons. The van der Waals surface area contributed by atoms with Crippen molar-refractivity contribution in [3.8, 4) is 80.5 Å². The Labute approximate surface area is 719 Å². The third-order valence-corrected chi connectivity index (χ3v) is 19.5. The van der Waals surface area contributed by atoms with Crippen molar-refractivity contribution in [1.29, 1.82) is 0 Å². The van der Waals surface area contributed by atoms with Crippen LogP contribution in [0.25, 0.3) is 24.3 Å². The van der Waals surface area contributed by atoms with E-state index in [4.69, 9.17) is 90.0 Å². The molecular weight excluding hydrogens is 1560 g/mol. The Balaban J connectivity index is 0.934. The Morgan fingerprint density at radius 1 is 0.221 bits per heavy atom. The summed E-state index contributed by atoms with van der Waals surface area (Å²) in [5.74, 6) is 6.06. The molecule has 0 aromatic heterocycles. The van der Waals surface area contributed by atoms with Gasteiger partial charge in [-0.25, -0.2) is 24.0 Å². The Morgan fingerprint density at radius 3 is 0.648 bits per heavy atom. The number of hydrogen-bond acceptors (Lipinski definition) is 24. The van der Waals surface area contributed by atoms with Gasteiger partial charge >= 0.3 is 29.8 Å². The predicted molar refractivity (Wildman–Crippen MR) is 470 cm³/mol. The van der Waals surface area contributed by atoms with Crippen LogP contribution in [0, 0.1) is 0 Å². The summed E-state index contributed by atoms with van der Waals surface area (Å²) < 4.78 is 109. The van der Waals surface area contributed by atoms with Gasteiger partial charge in [-0.1, -0.05) is 127 Å². The van der Waals surface area contributed by atoms with Gasteiger partial charge in [0.15, 0.2) is 46.0 Å². The third kappa shape index (κ3) is 38.2. The van der Waals surface area contributed by atoms with Crippen molar-refractivity contribution in [3.05, 3.63) is 191 Å². The second-order valence-electron chi connectivity index (χ2n) is 28.7. The highest BCUT2D eigenvalue weighted by Crippen LogP contribution is 2.35. The second kappa shape index (κ2) is 58.1. The molecule has 7 aromatic carbocycles. The van der Waals surface area contributed by atoms with Gasteiger partial charge in [0.05, 0.1) is 122 Å². The Kier molecular flexibility index (Phi) is 46.3. The minimum atomic E-state index is -0.552. The number of ether oxygens (including phenoxy) is 19. The first-order valence-electron chi connectivity index (χ1n) is 42.2. The molecule has 0 unspecified atom stereocenters. The van der Waals surface area contributed by atoms with Crippen LogP contribution in [0.3, 0.4) is 0 Å². The second-order valence-corrected chi connectivity index (χ2v) is 28.7. The molecule has 0 saturated carbocycles. The van der Waals surface area contributed by atoms with Crippen LogP contribution in [0.5, 0.6) is 80.5 Å². The average Bonchev–Trinajstić information content (AvgIpc) is 0.836. The lowest BCUT2D eigenvalue weighted by Gasteiger charge is -2.15. The molecule has 24 nitrogen and oxygen atoms in total. The van der Waals surface area contributed by atoms with Crippen molar-refractivity contribution in [3.63, 3.8) is 0 Å². The maximum absolute atomic E-state index is 13.3. The van der Waals surface area contributed by atoms with E-state index in [9.17, 15) is 24.0 Å². The first kappa shape index (κ1) is 97.2. The summed E-state index contributed by atoms with van der Waals surface area (Å²) in [7, 11) is 13.1. The lowest BCUT2D eigenvalue weighted by molar-refractivity contribution is -0.135. The van der Waals surface area contributed by atoms with Crippen molar-refractivity contribution in [2.24, 2.45) is 0 Å². The molecule has 0 atom stereocenters. The van der Waals surface area contributed by atoms with Gasteiger partial charge in [-0.3, -0.25) is 0 Å².